The lowest BCUT2D eigenvalue weighted by Crippen LogP contribution is -2.10. The maximum atomic E-state index is 9.51. The predicted molar refractivity (Wildman–Crippen MR) is 35.6 cm³/mol. The van der Waals surface area contributed by atoms with Crippen molar-refractivity contribution < 1.29 is 34.6 Å². The van der Waals surface area contributed by atoms with Crippen LogP contribution in [0, 0.1) is 0 Å². The van der Waals surface area contributed by atoms with Gasteiger partial charge in [0, 0.05) is 0 Å². The second-order valence-electron chi connectivity index (χ2n) is 0.992. The molecule has 0 saturated heterocycles. The summed E-state index contributed by atoms with van der Waals surface area (Å²) in [4.78, 5) is 0. The molecule has 0 amide bonds. The second-order valence-corrected chi connectivity index (χ2v) is 2.97. The Kier molecular flexibility index (Phi) is 5.22. The first-order chi connectivity index (χ1) is 4.21. The third-order valence-corrected chi connectivity index (χ3v) is 0.766. The average Bonchev–Trinajstić information content (AvgIpc) is 1.57. The molecule has 0 aromatic carbocycles. The van der Waals surface area contributed by atoms with Gasteiger partial charge in [0.25, 0.3) is 0 Å². The first kappa shape index (κ1) is 13.7. The molecule has 0 radical (unpaired) electrons. The molecule has 2 N–H and O–H groups in total. The van der Waals surface area contributed by atoms with Crippen molar-refractivity contribution in [3.05, 3.63) is 0 Å². The first-order valence-corrected chi connectivity index (χ1v) is 4.26. The molecule has 0 aliphatic carbocycles. The molecule has 11 heavy (non-hydrogen) atoms. The molecule has 11 heteroatoms. The van der Waals surface area contributed by atoms with Crippen LogP contribution in [0.2, 0.25) is 0 Å². The third-order valence-electron chi connectivity index (χ3n) is 0.200. The largest absolute Gasteiger partial charge is 0.425 e. The predicted octanol–water partition coefficient (Wildman–Crippen LogP) is -1.35. The molecule has 0 heterocycles. The highest BCUT2D eigenvalue weighted by molar-refractivity contribution is 7.83. The van der Waals surface area contributed by atoms with Crippen molar-refractivity contribution in [3.8, 4) is 0 Å². The van der Waals surface area contributed by atoms with E-state index in [2.05, 4.69) is 8.67 Å². The van der Waals surface area contributed by atoms with Crippen LogP contribution in [-0.4, -0.2) is 25.9 Å². The molecule has 0 unspecified atom stereocenters. The monoisotopic (exact) mass is 228 g/mol. The quantitative estimate of drug-likeness (QED) is 0.345. The fourth-order valence-electron chi connectivity index (χ4n) is 0.0702. The summed E-state index contributed by atoms with van der Waals surface area (Å²) >= 11 is 0. The van der Waals surface area contributed by atoms with Crippen molar-refractivity contribution in [1.82, 2.24) is 0 Å². The summed E-state index contributed by atoms with van der Waals surface area (Å²) in [6.45, 7) is 0. The van der Waals surface area contributed by atoms with Crippen molar-refractivity contribution >= 4 is 34.3 Å². The molecule has 0 aromatic heterocycles. The van der Waals surface area contributed by atoms with Crippen LogP contribution in [0.1, 0.15) is 0 Å². The molecule has 70 valence electrons. The first-order valence-electron chi connectivity index (χ1n) is 1.53. The molecule has 0 spiro atoms. The van der Waals surface area contributed by atoms with Gasteiger partial charge in [0.15, 0.2) is 0 Å². The van der Waals surface area contributed by atoms with Gasteiger partial charge < -0.3 is 0 Å². The molecule has 8 nitrogen and oxygen atoms in total. The zero-order valence-corrected chi connectivity index (χ0v) is 7.29. The minimum Gasteiger partial charge on any atom is -0.262 e. The Morgan fingerprint density at radius 1 is 0.818 bits per heavy atom. The van der Waals surface area contributed by atoms with E-state index in [9.17, 15) is 16.8 Å². The molecular formula is H4O8S3. The lowest BCUT2D eigenvalue weighted by atomic mass is 14.9. The summed E-state index contributed by atoms with van der Waals surface area (Å²) in [5.41, 5.74) is 0. The van der Waals surface area contributed by atoms with E-state index in [1.54, 1.807) is 0 Å². The van der Waals surface area contributed by atoms with Gasteiger partial charge in [-0.3, -0.25) is 9.11 Å². The standard InChI is InChI=1S/H2O8S2.H2S/c1-9(2,3)7-8-10(4,5)6;/h(H,1,2,3)(H,4,5,6);1H2. The van der Waals surface area contributed by atoms with Crippen LogP contribution in [0.4, 0.5) is 0 Å². The van der Waals surface area contributed by atoms with Crippen LogP contribution in [0.25, 0.3) is 0 Å². The highest BCUT2D eigenvalue weighted by atomic mass is 32.3. The van der Waals surface area contributed by atoms with Crippen molar-refractivity contribution in [1.29, 1.82) is 0 Å². The lowest BCUT2D eigenvalue weighted by Gasteiger charge is -1.92. The minimum atomic E-state index is -5.02. The van der Waals surface area contributed by atoms with Crippen LogP contribution in [0.5, 0.6) is 0 Å². The Morgan fingerprint density at radius 2 is 1.00 bits per heavy atom. The Balaban J connectivity index is 0. The minimum absolute atomic E-state index is 0. The highest BCUT2D eigenvalue weighted by Gasteiger charge is 2.13. The van der Waals surface area contributed by atoms with Crippen LogP contribution in [0.3, 0.4) is 0 Å². The van der Waals surface area contributed by atoms with Crippen LogP contribution in [-0.2, 0) is 29.5 Å². The SMILES string of the molecule is O=S(=O)(O)OOS(=O)(=O)O.S. The van der Waals surface area contributed by atoms with Crippen LogP contribution in [0.15, 0.2) is 0 Å². The van der Waals surface area contributed by atoms with Gasteiger partial charge in [-0.05, 0) is 0 Å². The van der Waals surface area contributed by atoms with E-state index in [0.29, 0.717) is 0 Å². The highest BCUT2D eigenvalue weighted by Crippen LogP contribution is 1.92. The van der Waals surface area contributed by atoms with Gasteiger partial charge in [-0.2, -0.15) is 30.3 Å². The molecular weight excluding hydrogens is 224 g/mol. The Morgan fingerprint density at radius 3 is 1.09 bits per heavy atom. The Hall–Kier alpha value is 0.0900. The van der Waals surface area contributed by atoms with Crippen LogP contribution >= 0.6 is 13.5 Å². The van der Waals surface area contributed by atoms with Crippen molar-refractivity contribution in [2.24, 2.45) is 0 Å². The summed E-state index contributed by atoms with van der Waals surface area (Å²) in [6.07, 6.45) is 0. The topological polar surface area (TPSA) is 127 Å². The summed E-state index contributed by atoms with van der Waals surface area (Å²) in [6, 6.07) is 0. The molecule has 0 rings (SSSR count). The van der Waals surface area contributed by atoms with Gasteiger partial charge in [0.1, 0.15) is 0 Å². The van der Waals surface area contributed by atoms with Crippen molar-refractivity contribution in [2.75, 3.05) is 0 Å². The van der Waals surface area contributed by atoms with E-state index >= 15 is 0 Å². The molecule has 0 fully saturated rings. The summed E-state index contributed by atoms with van der Waals surface area (Å²) in [5, 5.41) is 0. The number of rotatable bonds is 3. The van der Waals surface area contributed by atoms with Gasteiger partial charge >= 0.3 is 20.8 Å². The smallest absolute Gasteiger partial charge is 0.262 e. The second kappa shape index (κ2) is 4.20. The van der Waals surface area contributed by atoms with Crippen molar-refractivity contribution in [3.63, 3.8) is 0 Å². The summed E-state index contributed by atoms with van der Waals surface area (Å²) < 4.78 is 58.9. The van der Waals surface area contributed by atoms with E-state index in [-0.39, 0.29) is 13.5 Å². The molecule has 0 saturated carbocycles. The van der Waals surface area contributed by atoms with E-state index in [1.165, 1.54) is 0 Å². The maximum Gasteiger partial charge on any atom is 0.425 e. The van der Waals surface area contributed by atoms with Crippen LogP contribution < -0.4 is 0 Å². The van der Waals surface area contributed by atoms with E-state index < -0.39 is 20.8 Å². The van der Waals surface area contributed by atoms with Gasteiger partial charge in [0.2, 0.25) is 0 Å². The van der Waals surface area contributed by atoms with Crippen molar-refractivity contribution in [2.45, 2.75) is 0 Å². The zero-order valence-electron chi connectivity index (χ0n) is 4.66. The molecule has 0 aromatic rings. The summed E-state index contributed by atoms with van der Waals surface area (Å²) in [7, 11) is -10.0. The van der Waals surface area contributed by atoms with E-state index in [4.69, 9.17) is 9.11 Å². The zero-order chi connectivity index (χ0) is 8.41. The Bertz CT molecular complexity index is 245. The lowest BCUT2D eigenvalue weighted by molar-refractivity contribution is -0.105. The fraction of sp³-hybridized carbons (Fsp3) is 0. The van der Waals surface area contributed by atoms with Gasteiger partial charge in [-0.25, -0.2) is 0 Å². The average molecular weight is 228 g/mol. The maximum absolute atomic E-state index is 9.51. The molecule has 0 aliphatic heterocycles. The van der Waals surface area contributed by atoms with E-state index in [1.807, 2.05) is 0 Å². The number of hydrogen-bond donors (Lipinski definition) is 2. The summed E-state index contributed by atoms with van der Waals surface area (Å²) in [5.74, 6) is 0. The normalized spacial score (nSPS) is 12.2. The molecule has 0 aliphatic rings. The Labute approximate surface area is 69.4 Å². The van der Waals surface area contributed by atoms with Gasteiger partial charge in [-0.1, -0.05) is 8.67 Å². The molecule has 0 bridgehead atoms. The fourth-order valence-corrected chi connectivity index (χ4v) is 0.632. The van der Waals surface area contributed by atoms with E-state index in [0.717, 1.165) is 0 Å². The number of hydrogen-bond acceptors (Lipinski definition) is 6. The van der Waals surface area contributed by atoms with Gasteiger partial charge in [-0.15, -0.1) is 0 Å². The third kappa shape index (κ3) is 13.1. The molecule has 0 atom stereocenters. The van der Waals surface area contributed by atoms with Gasteiger partial charge in [0.05, 0.1) is 0 Å².